The van der Waals surface area contributed by atoms with Gasteiger partial charge in [-0.05, 0) is 19.8 Å². The number of likely N-dealkylation sites (N-methyl/N-ethyl adjacent to an activating group) is 1. The maximum absolute atomic E-state index is 11.6. The summed E-state index contributed by atoms with van der Waals surface area (Å²) in [7, 11) is 3.47. The van der Waals surface area contributed by atoms with E-state index in [9.17, 15) is 4.79 Å². The molecular formula is C11H21N3O. The molecule has 2 N–H and O–H groups in total. The summed E-state index contributed by atoms with van der Waals surface area (Å²) in [6.07, 6.45) is 4.71. The first-order valence-corrected chi connectivity index (χ1v) is 5.56. The molecule has 0 bridgehead atoms. The van der Waals surface area contributed by atoms with E-state index in [1.807, 2.05) is 0 Å². The van der Waals surface area contributed by atoms with Gasteiger partial charge >= 0.3 is 0 Å². The van der Waals surface area contributed by atoms with E-state index in [1.54, 1.807) is 25.9 Å². The Bertz CT molecular complexity index is 255. The third kappa shape index (κ3) is 3.22. The third-order valence-electron chi connectivity index (χ3n) is 2.91. The number of rotatable bonds is 3. The Balaban J connectivity index is 2.57. The summed E-state index contributed by atoms with van der Waals surface area (Å²) in [4.78, 5) is 17.4. The molecule has 4 nitrogen and oxygen atoms in total. The Kier molecular flexibility index (Phi) is 4.12. The van der Waals surface area contributed by atoms with Gasteiger partial charge < -0.3 is 10.6 Å². The van der Waals surface area contributed by atoms with E-state index in [0.717, 1.165) is 12.8 Å². The highest BCUT2D eigenvalue weighted by molar-refractivity contribution is 5.88. The molecule has 4 heteroatoms. The average Bonchev–Trinajstić information content (AvgIpc) is 2.68. The topological polar surface area (TPSA) is 58.7 Å². The number of hydrogen-bond acceptors (Lipinski definition) is 2. The molecule has 0 saturated heterocycles. The van der Waals surface area contributed by atoms with Crippen molar-refractivity contribution in [2.75, 3.05) is 14.1 Å². The minimum absolute atomic E-state index is 0.0101. The number of hydrogen-bond donors (Lipinski definition) is 1. The number of nitrogens with two attached hydrogens (primary N) is 1. The third-order valence-corrected chi connectivity index (χ3v) is 2.91. The fourth-order valence-electron chi connectivity index (χ4n) is 1.98. The first-order valence-electron chi connectivity index (χ1n) is 5.56. The highest BCUT2D eigenvalue weighted by atomic mass is 16.2. The van der Waals surface area contributed by atoms with Crippen LogP contribution in [-0.2, 0) is 4.79 Å². The summed E-state index contributed by atoms with van der Waals surface area (Å²) in [5.74, 6) is 1.08. The van der Waals surface area contributed by atoms with E-state index in [2.05, 4.69) is 4.99 Å². The van der Waals surface area contributed by atoms with Crippen molar-refractivity contribution in [1.82, 2.24) is 4.90 Å². The number of nitrogens with zero attached hydrogens (tertiary/aromatic N) is 2. The second-order valence-corrected chi connectivity index (χ2v) is 4.44. The van der Waals surface area contributed by atoms with Crippen molar-refractivity contribution in [2.24, 2.45) is 16.6 Å². The van der Waals surface area contributed by atoms with Crippen molar-refractivity contribution in [3.63, 3.8) is 0 Å². The van der Waals surface area contributed by atoms with Crippen molar-refractivity contribution in [3.05, 3.63) is 0 Å². The van der Waals surface area contributed by atoms with Gasteiger partial charge in [0.15, 0.2) is 0 Å². The van der Waals surface area contributed by atoms with Gasteiger partial charge in [-0.3, -0.25) is 9.79 Å². The molecule has 0 heterocycles. The fraction of sp³-hybridized carbons (Fsp3) is 0.818. The standard InChI is InChI=1S/C11H21N3O/c1-8(11(15)14(2)3)13-10(12)9-6-4-5-7-9/h8-9H,4-7H2,1-3H3,(H2,12,13). The molecule has 1 aliphatic rings. The molecule has 1 aliphatic carbocycles. The van der Waals surface area contributed by atoms with E-state index < -0.39 is 0 Å². The van der Waals surface area contributed by atoms with Gasteiger partial charge in [0.05, 0.1) is 5.84 Å². The van der Waals surface area contributed by atoms with E-state index in [4.69, 9.17) is 5.73 Å². The van der Waals surface area contributed by atoms with Crippen molar-refractivity contribution in [1.29, 1.82) is 0 Å². The van der Waals surface area contributed by atoms with Crippen LogP contribution in [0, 0.1) is 5.92 Å². The molecule has 1 amide bonds. The molecular weight excluding hydrogens is 190 g/mol. The Labute approximate surface area is 91.5 Å². The van der Waals surface area contributed by atoms with Crippen LogP contribution in [0.3, 0.4) is 0 Å². The Morgan fingerprint density at radius 3 is 2.40 bits per heavy atom. The lowest BCUT2D eigenvalue weighted by atomic mass is 10.1. The molecule has 0 aliphatic heterocycles. The van der Waals surface area contributed by atoms with Gasteiger partial charge in [-0.1, -0.05) is 12.8 Å². The minimum Gasteiger partial charge on any atom is -0.387 e. The van der Waals surface area contributed by atoms with Crippen molar-refractivity contribution < 1.29 is 4.79 Å². The van der Waals surface area contributed by atoms with Crippen LogP contribution < -0.4 is 5.73 Å². The number of aliphatic imine (C=N–C) groups is 1. The van der Waals surface area contributed by atoms with E-state index in [-0.39, 0.29) is 11.9 Å². The zero-order chi connectivity index (χ0) is 11.4. The number of carbonyl (C=O) groups excluding carboxylic acids is 1. The summed E-state index contributed by atoms with van der Waals surface area (Å²) in [6.45, 7) is 1.80. The quantitative estimate of drug-likeness (QED) is 0.559. The predicted molar refractivity (Wildman–Crippen MR) is 61.7 cm³/mol. The summed E-state index contributed by atoms with van der Waals surface area (Å²) < 4.78 is 0. The smallest absolute Gasteiger partial charge is 0.246 e. The fourth-order valence-corrected chi connectivity index (χ4v) is 1.98. The van der Waals surface area contributed by atoms with Crippen LogP contribution in [0.4, 0.5) is 0 Å². The van der Waals surface area contributed by atoms with Gasteiger partial charge in [0.25, 0.3) is 0 Å². The lowest BCUT2D eigenvalue weighted by Gasteiger charge is -2.15. The molecule has 86 valence electrons. The summed E-state index contributed by atoms with van der Waals surface area (Å²) in [5.41, 5.74) is 5.90. The summed E-state index contributed by atoms with van der Waals surface area (Å²) in [5, 5.41) is 0. The van der Waals surface area contributed by atoms with Gasteiger partial charge in [-0.15, -0.1) is 0 Å². The lowest BCUT2D eigenvalue weighted by molar-refractivity contribution is -0.129. The number of amides is 1. The molecule has 1 saturated carbocycles. The molecule has 0 aromatic heterocycles. The molecule has 15 heavy (non-hydrogen) atoms. The summed E-state index contributed by atoms with van der Waals surface area (Å²) >= 11 is 0. The molecule has 0 aromatic carbocycles. The molecule has 1 unspecified atom stereocenters. The second kappa shape index (κ2) is 5.14. The van der Waals surface area contributed by atoms with E-state index in [0.29, 0.717) is 11.8 Å². The maximum atomic E-state index is 11.6. The maximum Gasteiger partial charge on any atom is 0.246 e. The van der Waals surface area contributed by atoms with Crippen LogP contribution in [-0.4, -0.2) is 36.8 Å². The van der Waals surface area contributed by atoms with E-state index >= 15 is 0 Å². The molecule has 0 spiro atoms. The highest BCUT2D eigenvalue weighted by Gasteiger charge is 2.21. The Morgan fingerprint density at radius 1 is 1.40 bits per heavy atom. The molecule has 1 fully saturated rings. The van der Waals surface area contributed by atoms with Crippen LogP contribution in [0.25, 0.3) is 0 Å². The largest absolute Gasteiger partial charge is 0.387 e. The molecule has 0 aromatic rings. The average molecular weight is 211 g/mol. The lowest BCUT2D eigenvalue weighted by Crippen LogP contribution is -2.33. The van der Waals surface area contributed by atoms with Crippen LogP contribution in [0.15, 0.2) is 4.99 Å². The van der Waals surface area contributed by atoms with E-state index in [1.165, 1.54) is 12.8 Å². The van der Waals surface area contributed by atoms with Crippen LogP contribution in [0.2, 0.25) is 0 Å². The molecule has 1 rings (SSSR count). The van der Waals surface area contributed by atoms with Gasteiger partial charge in [-0.2, -0.15) is 0 Å². The van der Waals surface area contributed by atoms with Gasteiger partial charge in [-0.25, -0.2) is 0 Å². The van der Waals surface area contributed by atoms with Crippen molar-refractivity contribution >= 4 is 11.7 Å². The Hall–Kier alpha value is -1.06. The Morgan fingerprint density at radius 2 is 1.93 bits per heavy atom. The van der Waals surface area contributed by atoms with Crippen molar-refractivity contribution in [3.8, 4) is 0 Å². The number of carbonyl (C=O) groups is 1. The van der Waals surface area contributed by atoms with Gasteiger partial charge in [0.2, 0.25) is 5.91 Å². The highest BCUT2D eigenvalue weighted by Crippen LogP contribution is 2.24. The SMILES string of the molecule is CC(N=C(N)C1CCCC1)C(=O)N(C)C. The predicted octanol–water partition coefficient (Wildman–Crippen LogP) is 1.01. The first-order chi connectivity index (χ1) is 7.02. The van der Waals surface area contributed by atoms with Crippen LogP contribution in [0.5, 0.6) is 0 Å². The zero-order valence-corrected chi connectivity index (χ0v) is 9.86. The zero-order valence-electron chi connectivity index (χ0n) is 9.86. The summed E-state index contributed by atoms with van der Waals surface area (Å²) in [6, 6.07) is -0.347. The number of amidine groups is 1. The van der Waals surface area contributed by atoms with Crippen molar-refractivity contribution in [2.45, 2.75) is 38.6 Å². The van der Waals surface area contributed by atoms with Crippen LogP contribution in [0.1, 0.15) is 32.6 Å². The van der Waals surface area contributed by atoms with Gasteiger partial charge in [0.1, 0.15) is 6.04 Å². The van der Waals surface area contributed by atoms with Crippen LogP contribution >= 0.6 is 0 Å². The first kappa shape index (κ1) is 12.0. The van der Waals surface area contributed by atoms with Gasteiger partial charge in [0, 0.05) is 20.0 Å². The molecule has 0 radical (unpaired) electrons. The monoisotopic (exact) mass is 211 g/mol. The normalized spacial score (nSPS) is 20.3. The second-order valence-electron chi connectivity index (χ2n) is 4.44. The minimum atomic E-state index is -0.347. The molecule has 1 atom stereocenters.